The van der Waals surface area contributed by atoms with Crippen LogP contribution in [0, 0.1) is 0 Å². The standard InChI is InChI=1S/C16H18N4O4/c1-16(2,14(21)22)20-15(23)19-13-8-11(17-9-18-13)10-6-4-5-7-12(10)24-3/h4-9H,1-3H3,(H,21,22)(H2,17,18,19,20,23). The third kappa shape index (κ3) is 3.97. The topological polar surface area (TPSA) is 113 Å². The van der Waals surface area contributed by atoms with E-state index in [-0.39, 0.29) is 5.82 Å². The monoisotopic (exact) mass is 330 g/mol. The number of hydrogen-bond donors (Lipinski definition) is 3. The Kier molecular flexibility index (Phi) is 4.98. The Morgan fingerprint density at radius 3 is 2.58 bits per heavy atom. The van der Waals surface area contributed by atoms with Crippen LogP contribution in [0.2, 0.25) is 0 Å². The van der Waals surface area contributed by atoms with Crippen LogP contribution in [-0.4, -0.2) is 39.7 Å². The molecule has 2 amide bonds. The van der Waals surface area contributed by atoms with Gasteiger partial charge in [-0.1, -0.05) is 12.1 Å². The van der Waals surface area contributed by atoms with Gasteiger partial charge in [0.25, 0.3) is 0 Å². The molecule has 126 valence electrons. The zero-order valence-electron chi connectivity index (χ0n) is 13.5. The molecule has 0 spiro atoms. The molecule has 0 aliphatic heterocycles. The van der Waals surface area contributed by atoms with Crippen LogP contribution in [-0.2, 0) is 4.79 Å². The Labute approximate surface area is 138 Å². The lowest BCUT2D eigenvalue weighted by molar-refractivity contribution is -0.142. The van der Waals surface area contributed by atoms with E-state index in [1.54, 1.807) is 19.2 Å². The van der Waals surface area contributed by atoms with Crippen molar-refractivity contribution in [3.8, 4) is 17.0 Å². The predicted molar refractivity (Wildman–Crippen MR) is 87.9 cm³/mol. The minimum absolute atomic E-state index is 0.240. The van der Waals surface area contributed by atoms with Crippen molar-refractivity contribution in [2.45, 2.75) is 19.4 Å². The Balaban J connectivity index is 2.19. The van der Waals surface area contributed by atoms with Gasteiger partial charge in [-0.05, 0) is 26.0 Å². The fraction of sp³-hybridized carbons (Fsp3) is 0.250. The number of anilines is 1. The summed E-state index contributed by atoms with van der Waals surface area (Å²) in [5.74, 6) is -0.266. The van der Waals surface area contributed by atoms with Crippen LogP contribution in [0.1, 0.15) is 13.8 Å². The molecule has 1 heterocycles. The number of carboxylic acid groups (broad SMARTS) is 1. The van der Waals surface area contributed by atoms with Gasteiger partial charge >= 0.3 is 12.0 Å². The van der Waals surface area contributed by atoms with E-state index in [2.05, 4.69) is 20.6 Å². The van der Waals surface area contributed by atoms with Crippen LogP contribution in [0.25, 0.3) is 11.3 Å². The van der Waals surface area contributed by atoms with Crippen molar-refractivity contribution in [1.29, 1.82) is 0 Å². The first-order valence-electron chi connectivity index (χ1n) is 7.11. The molecule has 1 aromatic heterocycles. The summed E-state index contributed by atoms with van der Waals surface area (Å²) in [6.45, 7) is 2.77. The molecule has 0 radical (unpaired) electrons. The van der Waals surface area contributed by atoms with Crippen molar-refractivity contribution in [2.24, 2.45) is 0 Å². The van der Waals surface area contributed by atoms with Crippen LogP contribution >= 0.6 is 0 Å². The van der Waals surface area contributed by atoms with E-state index < -0.39 is 17.5 Å². The van der Waals surface area contributed by atoms with Crippen molar-refractivity contribution >= 4 is 17.8 Å². The number of carboxylic acids is 1. The van der Waals surface area contributed by atoms with Crippen molar-refractivity contribution in [2.75, 3.05) is 12.4 Å². The molecular weight excluding hydrogens is 312 g/mol. The number of ether oxygens (including phenoxy) is 1. The average Bonchev–Trinajstić information content (AvgIpc) is 2.54. The van der Waals surface area contributed by atoms with Crippen molar-refractivity contribution in [3.05, 3.63) is 36.7 Å². The van der Waals surface area contributed by atoms with Crippen molar-refractivity contribution in [3.63, 3.8) is 0 Å². The molecular formula is C16H18N4O4. The molecule has 3 N–H and O–H groups in total. The van der Waals surface area contributed by atoms with Gasteiger partial charge in [-0.15, -0.1) is 0 Å². The first-order valence-corrected chi connectivity index (χ1v) is 7.11. The number of nitrogens with zero attached hydrogens (tertiary/aromatic N) is 2. The fourth-order valence-corrected chi connectivity index (χ4v) is 1.91. The van der Waals surface area contributed by atoms with E-state index in [4.69, 9.17) is 9.84 Å². The number of rotatable bonds is 5. The minimum atomic E-state index is -1.40. The van der Waals surface area contributed by atoms with E-state index in [9.17, 15) is 9.59 Å². The van der Waals surface area contributed by atoms with Crippen LogP contribution in [0.3, 0.4) is 0 Å². The molecule has 2 rings (SSSR count). The summed E-state index contributed by atoms with van der Waals surface area (Å²) < 4.78 is 5.29. The number of carbonyl (C=O) groups excluding carboxylic acids is 1. The number of hydrogen-bond acceptors (Lipinski definition) is 5. The molecule has 0 aliphatic carbocycles. The Hall–Kier alpha value is -3.16. The molecule has 2 aromatic rings. The van der Waals surface area contributed by atoms with E-state index in [1.807, 2.05) is 18.2 Å². The Morgan fingerprint density at radius 1 is 1.21 bits per heavy atom. The van der Waals surface area contributed by atoms with Crippen molar-refractivity contribution in [1.82, 2.24) is 15.3 Å². The first-order chi connectivity index (χ1) is 11.3. The first kappa shape index (κ1) is 17.2. The number of amides is 2. The van der Waals surface area contributed by atoms with Crippen molar-refractivity contribution < 1.29 is 19.4 Å². The van der Waals surface area contributed by atoms with Gasteiger partial charge in [-0.25, -0.2) is 19.6 Å². The molecule has 0 saturated heterocycles. The highest BCUT2D eigenvalue weighted by atomic mass is 16.5. The van der Waals surface area contributed by atoms with Gasteiger partial charge < -0.3 is 15.2 Å². The number of aromatic nitrogens is 2. The van der Waals surface area contributed by atoms with E-state index >= 15 is 0 Å². The van der Waals surface area contributed by atoms with Gasteiger partial charge in [-0.2, -0.15) is 0 Å². The normalized spacial score (nSPS) is 10.8. The van der Waals surface area contributed by atoms with Gasteiger partial charge in [0, 0.05) is 11.6 Å². The van der Waals surface area contributed by atoms with Gasteiger partial charge in [0.05, 0.1) is 12.8 Å². The fourth-order valence-electron chi connectivity index (χ4n) is 1.91. The third-order valence-electron chi connectivity index (χ3n) is 3.25. The molecule has 0 atom stereocenters. The van der Waals surface area contributed by atoms with E-state index in [0.29, 0.717) is 11.4 Å². The van der Waals surface area contributed by atoms with Crippen LogP contribution in [0.15, 0.2) is 36.7 Å². The molecule has 24 heavy (non-hydrogen) atoms. The third-order valence-corrected chi connectivity index (χ3v) is 3.25. The van der Waals surface area contributed by atoms with Crippen LogP contribution in [0.4, 0.5) is 10.6 Å². The second kappa shape index (κ2) is 6.95. The second-order valence-electron chi connectivity index (χ2n) is 5.50. The number of carbonyl (C=O) groups is 2. The van der Waals surface area contributed by atoms with Gasteiger partial charge in [0.2, 0.25) is 0 Å². The summed E-state index contributed by atoms with van der Waals surface area (Å²) >= 11 is 0. The highest BCUT2D eigenvalue weighted by Crippen LogP contribution is 2.28. The summed E-state index contributed by atoms with van der Waals surface area (Å²) in [5.41, 5.74) is -0.0882. The van der Waals surface area contributed by atoms with Gasteiger partial charge in [0.15, 0.2) is 0 Å². The molecule has 0 aliphatic rings. The summed E-state index contributed by atoms with van der Waals surface area (Å²) in [6, 6.07) is 8.21. The molecule has 1 aromatic carbocycles. The van der Waals surface area contributed by atoms with E-state index in [0.717, 1.165) is 5.56 Å². The molecule has 8 heteroatoms. The summed E-state index contributed by atoms with van der Waals surface area (Å²) in [5, 5.41) is 13.9. The van der Waals surface area contributed by atoms with Gasteiger partial charge in [-0.3, -0.25) is 5.32 Å². The number of benzene rings is 1. The lowest BCUT2D eigenvalue weighted by atomic mass is 10.1. The largest absolute Gasteiger partial charge is 0.496 e. The van der Waals surface area contributed by atoms with Crippen LogP contribution < -0.4 is 15.4 Å². The average molecular weight is 330 g/mol. The molecule has 8 nitrogen and oxygen atoms in total. The smallest absolute Gasteiger partial charge is 0.328 e. The Bertz CT molecular complexity index is 761. The number of aliphatic carboxylic acids is 1. The predicted octanol–water partition coefficient (Wildman–Crippen LogP) is 2.14. The lowest BCUT2D eigenvalue weighted by Crippen LogP contribution is -2.51. The van der Waals surface area contributed by atoms with Crippen LogP contribution in [0.5, 0.6) is 5.75 Å². The molecule has 0 saturated carbocycles. The number of para-hydroxylation sites is 1. The number of urea groups is 1. The highest BCUT2D eigenvalue weighted by molar-refractivity contribution is 5.93. The molecule has 0 fully saturated rings. The maximum atomic E-state index is 11.9. The quantitative estimate of drug-likeness (QED) is 0.774. The highest BCUT2D eigenvalue weighted by Gasteiger charge is 2.29. The molecule has 0 bridgehead atoms. The minimum Gasteiger partial charge on any atom is -0.496 e. The SMILES string of the molecule is COc1ccccc1-c1cc(NC(=O)NC(C)(C)C(=O)O)ncn1. The zero-order chi connectivity index (χ0) is 17.7. The molecule has 0 unspecified atom stereocenters. The Morgan fingerprint density at radius 2 is 1.92 bits per heavy atom. The number of methoxy groups -OCH3 is 1. The summed E-state index contributed by atoms with van der Waals surface area (Å²) in [6.07, 6.45) is 1.31. The zero-order valence-corrected chi connectivity index (χ0v) is 13.5. The maximum absolute atomic E-state index is 11.9. The lowest BCUT2D eigenvalue weighted by Gasteiger charge is -2.21. The maximum Gasteiger partial charge on any atom is 0.328 e. The second-order valence-corrected chi connectivity index (χ2v) is 5.50. The number of nitrogens with one attached hydrogen (secondary N) is 2. The van der Waals surface area contributed by atoms with E-state index in [1.165, 1.54) is 20.2 Å². The van der Waals surface area contributed by atoms with Gasteiger partial charge in [0.1, 0.15) is 23.4 Å². The summed E-state index contributed by atoms with van der Waals surface area (Å²) in [4.78, 5) is 31.1. The summed E-state index contributed by atoms with van der Waals surface area (Å²) in [7, 11) is 1.56.